The maximum absolute atomic E-state index is 13.7. The summed E-state index contributed by atoms with van der Waals surface area (Å²) in [7, 11) is 1.67. The van der Waals surface area contributed by atoms with E-state index in [1.165, 1.54) is 12.0 Å². The molecule has 34 heavy (non-hydrogen) atoms. The first kappa shape index (κ1) is 26.0. The fraction of sp³-hybridized carbons (Fsp3) is 0.571. The predicted molar refractivity (Wildman–Crippen MR) is 135 cm³/mol. The predicted octanol–water partition coefficient (Wildman–Crippen LogP) is 4.86. The van der Waals surface area contributed by atoms with Gasteiger partial charge in [0.2, 0.25) is 11.8 Å². The Morgan fingerprint density at radius 1 is 1.03 bits per heavy atom. The maximum Gasteiger partial charge on any atom is 0.242 e. The van der Waals surface area contributed by atoms with Crippen molar-refractivity contribution in [3.63, 3.8) is 0 Å². The average molecular weight is 468 g/mol. The van der Waals surface area contributed by atoms with Crippen LogP contribution in [0.4, 0.5) is 0 Å². The van der Waals surface area contributed by atoms with Crippen molar-refractivity contribution >= 4 is 11.8 Å². The van der Waals surface area contributed by atoms with Crippen molar-refractivity contribution in [3.8, 4) is 0 Å². The van der Waals surface area contributed by atoms with Crippen LogP contribution in [-0.4, -0.2) is 59.0 Å². The van der Waals surface area contributed by atoms with Crippen LogP contribution in [0, 0.1) is 0 Å². The Morgan fingerprint density at radius 2 is 1.79 bits per heavy atom. The molecular formula is C28H41N3O3. The van der Waals surface area contributed by atoms with Crippen molar-refractivity contribution in [3.05, 3.63) is 59.9 Å². The van der Waals surface area contributed by atoms with E-state index in [-0.39, 0.29) is 24.4 Å². The van der Waals surface area contributed by atoms with Crippen molar-refractivity contribution in [2.75, 3.05) is 26.8 Å². The molecule has 0 aliphatic heterocycles. The molecule has 6 heteroatoms. The average Bonchev–Trinajstić information content (AvgIpc) is 3.29. The van der Waals surface area contributed by atoms with Crippen LogP contribution >= 0.6 is 0 Å². The number of amides is 2. The molecule has 2 aromatic rings. The van der Waals surface area contributed by atoms with Crippen LogP contribution in [0.1, 0.15) is 69.5 Å². The largest absolute Gasteiger partial charge is 0.385 e. The van der Waals surface area contributed by atoms with E-state index in [0.717, 1.165) is 50.8 Å². The van der Waals surface area contributed by atoms with E-state index < -0.39 is 0 Å². The van der Waals surface area contributed by atoms with E-state index in [1.54, 1.807) is 12.0 Å². The monoisotopic (exact) mass is 467 g/mol. The fourth-order valence-corrected chi connectivity index (χ4v) is 4.83. The summed E-state index contributed by atoms with van der Waals surface area (Å²) in [6.07, 6.45) is 9.72. The van der Waals surface area contributed by atoms with Gasteiger partial charge in [0.15, 0.2) is 0 Å². The number of carbonyl (C=O) groups excluding carboxylic acids is 2. The van der Waals surface area contributed by atoms with Crippen LogP contribution in [-0.2, 0) is 27.4 Å². The second-order valence-electron chi connectivity index (χ2n) is 9.34. The lowest BCUT2D eigenvalue weighted by molar-refractivity contribution is -0.143. The summed E-state index contributed by atoms with van der Waals surface area (Å²) in [5.74, 6) is 0.115. The molecule has 0 unspecified atom stereocenters. The number of ether oxygens (including phenoxy) is 1. The Balaban J connectivity index is 1.75. The van der Waals surface area contributed by atoms with E-state index in [2.05, 4.69) is 52.1 Å². The lowest BCUT2D eigenvalue weighted by Gasteiger charge is -2.36. The van der Waals surface area contributed by atoms with Crippen LogP contribution in [0.3, 0.4) is 0 Å². The topological polar surface area (TPSA) is 54.8 Å². The highest BCUT2D eigenvalue weighted by atomic mass is 16.5. The van der Waals surface area contributed by atoms with Gasteiger partial charge in [-0.05, 0) is 43.4 Å². The minimum Gasteiger partial charge on any atom is -0.385 e. The first-order valence-electron chi connectivity index (χ1n) is 12.9. The van der Waals surface area contributed by atoms with Crippen LogP contribution in [0.5, 0.6) is 0 Å². The second kappa shape index (κ2) is 14.0. The number of benzene rings is 1. The minimum atomic E-state index is 0.0567. The number of hydrogen-bond donors (Lipinski definition) is 0. The van der Waals surface area contributed by atoms with Gasteiger partial charge in [0.25, 0.3) is 0 Å². The molecule has 2 amide bonds. The molecule has 0 saturated heterocycles. The molecule has 6 nitrogen and oxygen atoms in total. The Kier molecular flexibility index (Phi) is 10.7. The smallest absolute Gasteiger partial charge is 0.242 e. The number of hydrogen-bond acceptors (Lipinski definition) is 3. The van der Waals surface area contributed by atoms with Crippen molar-refractivity contribution < 1.29 is 14.3 Å². The Morgan fingerprint density at radius 3 is 2.50 bits per heavy atom. The van der Waals surface area contributed by atoms with Crippen LogP contribution in [0.2, 0.25) is 0 Å². The van der Waals surface area contributed by atoms with Crippen molar-refractivity contribution in [2.24, 2.45) is 0 Å². The van der Waals surface area contributed by atoms with Gasteiger partial charge in [-0.3, -0.25) is 9.59 Å². The number of methoxy groups -OCH3 is 1. The molecule has 1 aliphatic carbocycles. The molecule has 0 spiro atoms. The van der Waals surface area contributed by atoms with E-state index in [9.17, 15) is 9.59 Å². The third kappa shape index (κ3) is 7.73. The fourth-order valence-electron chi connectivity index (χ4n) is 4.83. The lowest BCUT2D eigenvalue weighted by atomic mass is 9.94. The first-order valence-corrected chi connectivity index (χ1v) is 12.9. The van der Waals surface area contributed by atoms with Gasteiger partial charge in [-0.25, -0.2) is 0 Å². The van der Waals surface area contributed by atoms with E-state index in [1.807, 2.05) is 13.0 Å². The molecule has 0 bridgehead atoms. The highest BCUT2D eigenvalue weighted by Crippen LogP contribution is 2.25. The lowest BCUT2D eigenvalue weighted by Crippen LogP contribution is -2.47. The Labute approximate surface area is 204 Å². The molecule has 1 aliphatic rings. The van der Waals surface area contributed by atoms with Crippen molar-refractivity contribution in [1.29, 1.82) is 0 Å². The summed E-state index contributed by atoms with van der Waals surface area (Å²) in [6, 6.07) is 14.8. The summed E-state index contributed by atoms with van der Waals surface area (Å²) in [4.78, 5) is 30.2. The molecule has 0 atom stereocenters. The zero-order valence-corrected chi connectivity index (χ0v) is 21.0. The molecule has 1 aromatic carbocycles. The Hall–Kier alpha value is -2.60. The van der Waals surface area contributed by atoms with Crippen molar-refractivity contribution in [2.45, 2.75) is 77.4 Å². The number of rotatable bonds is 13. The van der Waals surface area contributed by atoms with Gasteiger partial charge in [0.05, 0.1) is 13.1 Å². The molecule has 0 N–H and O–H groups in total. The van der Waals surface area contributed by atoms with E-state index >= 15 is 0 Å². The standard InChI is InChI=1S/C28H41N3O3/c1-3-12-27(32)30(19-11-20-34-2)23-28(33)31(25-15-8-5-9-16-25)22-26-17-10-18-29(26)21-24-13-6-4-7-14-24/h4,6-7,10,13-14,17-18,25H,3,5,8-9,11-12,15-16,19-23H2,1-2H3. The molecule has 1 heterocycles. The molecule has 1 aromatic heterocycles. The normalized spacial score (nSPS) is 14.2. The highest BCUT2D eigenvalue weighted by molar-refractivity contribution is 5.85. The van der Waals surface area contributed by atoms with Gasteiger partial charge in [-0.2, -0.15) is 0 Å². The van der Waals surface area contributed by atoms with Crippen LogP contribution < -0.4 is 0 Å². The zero-order valence-electron chi connectivity index (χ0n) is 21.0. The highest BCUT2D eigenvalue weighted by Gasteiger charge is 2.28. The maximum atomic E-state index is 13.7. The van der Waals surface area contributed by atoms with Gasteiger partial charge in [-0.15, -0.1) is 0 Å². The zero-order chi connectivity index (χ0) is 24.2. The SMILES string of the molecule is CCCC(=O)N(CCCOC)CC(=O)N(Cc1cccn1Cc1ccccc1)C1CCCCC1. The third-order valence-electron chi connectivity index (χ3n) is 6.71. The molecular weight excluding hydrogens is 426 g/mol. The van der Waals surface area contributed by atoms with Gasteiger partial charge in [0, 0.05) is 51.2 Å². The van der Waals surface area contributed by atoms with E-state index in [0.29, 0.717) is 26.1 Å². The summed E-state index contributed by atoms with van der Waals surface area (Å²) in [5, 5.41) is 0. The first-order chi connectivity index (χ1) is 16.6. The van der Waals surface area contributed by atoms with Crippen LogP contribution in [0.15, 0.2) is 48.7 Å². The molecule has 1 fully saturated rings. The second-order valence-corrected chi connectivity index (χ2v) is 9.34. The summed E-state index contributed by atoms with van der Waals surface area (Å²) in [6.45, 7) is 4.66. The van der Waals surface area contributed by atoms with Gasteiger partial charge in [0.1, 0.15) is 0 Å². The quantitative estimate of drug-likeness (QED) is 0.395. The van der Waals surface area contributed by atoms with Crippen LogP contribution in [0.25, 0.3) is 0 Å². The molecule has 1 saturated carbocycles. The molecule has 3 rings (SSSR count). The number of carbonyl (C=O) groups is 2. The van der Waals surface area contributed by atoms with E-state index in [4.69, 9.17) is 4.74 Å². The van der Waals surface area contributed by atoms with Crippen molar-refractivity contribution in [1.82, 2.24) is 14.4 Å². The molecule has 186 valence electrons. The molecule has 0 radical (unpaired) electrons. The Bertz CT molecular complexity index is 874. The minimum absolute atomic E-state index is 0.0567. The number of nitrogens with zero attached hydrogens (tertiary/aromatic N) is 3. The van der Waals surface area contributed by atoms with Gasteiger partial charge >= 0.3 is 0 Å². The summed E-state index contributed by atoms with van der Waals surface area (Å²) >= 11 is 0. The third-order valence-corrected chi connectivity index (χ3v) is 6.71. The summed E-state index contributed by atoms with van der Waals surface area (Å²) < 4.78 is 7.41. The summed E-state index contributed by atoms with van der Waals surface area (Å²) in [5.41, 5.74) is 2.37. The van der Waals surface area contributed by atoms with Gasteiger partial charge in [-0.1, -0.05) is 56.5 Å². The number of aromatic nitrogens is 1. The van der Waals surface area contributed by atoms with Gasteiger partial charge < -0.3 is 19.1 Å².